The zero-order valence-electron chi connectivity index (χ0n) is 14.8. The molecule has 0 amide bonds. The van der Waals surface area contributed by atoms with Crippen LogP contribution in [0.25, 0.3) is 0 Å². The molecule has 0 unspecified atom stereocenters. The van der Waals surface area contributed by atoms with Crippen LogP contribution in [0.3, 0.4) is 0 Å². The number of sulfonamides is 1. The lowest BCUT2D eigenvalue weighted by Crippen LogP contribution is -2.40. The Bertz CT molecular complexity index is 837. The van der Waals surface area contributed by atoms with E-state index in [1.807, 2.05) is 0 Å². The van der Waals surface area contributed by atoms with Gasteiger partial charge in [-0.2, -0.15) is 5.10 Å². The van der Waals surface area contributed by atoms with Gasteiger partial charge in [-0.3, -0.25) is 4.68 Å². The SMILES string of the molecule is Cc1ccc(S(=O)(=O)NC(C)(C)C)cc1C(=O)OCCn1cccn1. The standard InChI is InChI=1S/C17H23N3O4S/c1-13-6-7-14(25(22,23)19-17(2,3)4)12-15(13)16(21)24-11-10-20-9-5-8-18-20/h5-9,12,19H,10-11H2,1-4H3. The summed E-state index contributed by atoms with van der Waals surface area (Å²) < 4.78 is 34.3. The highest BCUT2D eigenvalue weighted by Crippen LogP contribution is 2.18. The third-order valence-corrected chi connectivity index (χ3v) is 5.05. The number of hydrogen-bond acceptors (Lipinski definition) is 5. The maximum atomic E-state index is 12.4. The quantitative estimate of drug-likeness (QED) is 0.792. The molecule has 0 spiro atoms. The summed E-state index contributed by atoms with van der Waals surface area (Å²) >= 11 is 0. The van der Waals surface area contributed by atoms with Gasteiger partial charge in [0.05, 0.1) is 17.0 Å². The molecule has 2 aromatic rings. The first-order valence-electron chi connectivity index (χ1n) is 7.88. The Morgan fingerprint density at radius 3 is 2.64 bits per heavy atom. The van der Waals surface area contributed by atoms with Gasteiger partial charge in [0.15, 0.2) is 0 Å². The second-order valence-corrected chi connectivity index (χ2v) is 8.42. The largest absolute Gasteiger partial charge is 0.460 e. The van der Waals surface area contributed by atoms with Crippen LogP contribution in [-0.4, -0.2) is 36.3 Å². The number of aromatic nitrogens is 2. The smallest absolute Gasteiger partial charge is 0.338 e. The van der Waals surface area contributed by atoms with Crippen molar-refractivity contribution in [2.75, 3.05) is 6.61 Å². The van der Waals surface area contributed by atoms with Gasteiger partial charge >= 0.3 is 5.97 Å². The second kappa shape index (κ2) is 7.37. The minimum Gasteiger partial charge on any atom is -0.460 e. The van der Waals surface area contributed by atoms with E-state index >= 15 is 0 Å². The van der Waals surface area contributed by atoms with Crippen LogP contribution in [0.15, 0.2) is 41.6 Å². The van der Waals surface area contributed by atoms with Crippen LogP contribution in [0.5, 0.6) is 0 Å². The molecule has 1 aromatic carbocycles. The zero-order valence-corrected chi connectivity index (χ0v) is 15.6. The normalized spacial score (nSPS) is 12.2. The maximum absolute atomic E-state index is 12.4. The van der Waals surface area contributed by atoms with Crippen LogP contribution in [0.4, 0.5) is 0 Å². The molecule has 1 aromatic heterocycles. The second-order valence-electron chi connectivity index (χ2n) is 6.74. The van der Waals surface area contributed by atoms with E-state index in [0.717, 1.165) is 0 Å². The summed E-state index contributed by atoms with van der Waals surface area (Å²) in [5.74, 6) is -0.558. The fraction of sp³-hybridized carbons (Fsp3) is 0.412. The molecule has 1 N–H and O–H groups in total. The number of hydrogen-bond donors (Lipinski definition) is 1. The van der Waals surface area contributed by atoms with E-state index in [2.05, 4.69) is 9.82 Å². The van der Waals surface area contributed by atoms with E-state index in [-0.39, 0.29) is 17.1 Å². The fourth-order valence-corrected chi connectivity index (χ4v) is 3.64. The average molecular weight is 365 g/mol. The van der Waals surface area contributed by atoms with E-state index in [1.54, 1.807) is 56.9 Å². The first-order chi connectivity index (χ1) is 11.6. The molecule has 0 aliphatic carbocycles. The number of ether oxygens (including phenoxy) is 1. The zero-order chi connectivity index (χ0) is 18.7. The molecule has 0 fully saturated rings. The Balaban J connectivity index is 2.13. The number of nitrogens with zero attached hydrogens (tertiary/aromatic N) is 2. The molecule has 0 radical (unpaired) electrons. The predicted octanol–water partition coefficient (Wildman–Crippen LogP) is 2.13. The molecule has 1 heterocycles. The topological polar surface area (TPSA) is 90.3 Å². The molecule has 0 aliphatic rings. The summed E-state index contributed by atoms with van der Waals surface area (Å²) in [6.45, 7) is 7.58. The lowest BCUT2D eigenvalue weighted by Gasteiger charge is -2.20. The number of esters is 1. The highest BCUT2D eigenvalue weighted by molar-refractivity contribution is 7.89. The summed E-state index contributed by atoms with van der Waals surface area (Å²) in [6, 6.07) is 6.20. The molecule has 0 saturated heterocycles. The lowest BCUT2D eigenvalue weighted by molar-refractivity contribution is 0.0486. The number of benzene rings is 1. The van der Waals surface area contributed by atoms with Crippen molar-refractivity contribution >= 4 is 16.0 Å². The van der Waals surface area contributed by atoms with Gasteiger partial charge in [-0.15, -0.1) is 0 Å². The number of rotatable bonds is 6. The van der Waals surface area contributed by atoms with E-state index in [1.165, 1.54) is 12.1 Å². The molecule has 0 atom stereocenters. The van der Waals surface area contributed by atoms with E-state index < -0.39 is 21.5 Å². The third kappa shape index (κ3) is 5.40. The number of nitrogens with one attached hydrogen (secondary N) is 1. The molecule has 8 heteroatoms. The van der Waals surface area contributed by atoms with Gasteiger partial charge in [-0.1, -0.05) is 6.07 Å². The molecule has 0 saturated carbocycles. The van der Waals surface area contributed by atoms with Gasteiger partial charge in [-0.25, -0.2) is 17.9 Å². The lowest BCUT2D eigenvalue weighted by atomic mass is 10.1. The highest BCUT2D eigenvalue weighted by atomic mass is 32.2. The molecular weight excluding hydrogens is 342 g/mol. The van der Waals surface area contributed by atoms with E-state index in [4.69, 9.17) is 4.74 Å². The molecule has 0 aliphatic heterocycles. The monoisotopic (exact) mass is 365 g/mol. The average Bonchev–Trinajstić information content (AvgIpc) is 2.98. The Morgan fingerprint density at radius 1 is 1.32 bits per heavy atom. The van der Waals surface area contributed by atoms with Crippen LogP contribution in [0.2, 0.25) is 0 Å². The van der Waals surface area contributed by atoms with Crippen molar-refractivity contribution < 1.29 is 17.9 Å². The molecule has 25 heavy (non-hydrogen) atoms. The molecule has 136 valence electrons. The molecular formula is C17H23N3O4S. The van der Waals surface area contributed by atoms with Gasteiger partial charge in [0.1, 0.15) is 6.61 Å². The molecule has 0 bridgehead atoms. The summed E-state index contributed by atoms with van der Waals surface area (Å²) in [7, 11) is -3.72. The molecule has 7 nitrogen and oxygen atoms in total. The Morgan fingerprint density at radius 2 is 2.04 bits per heavy atom. The van der Waals surface area contributed by atoms with Crippen LogP contribution in [-0.2, 0) is 21.3 Å². The van der Waals surface area contributed by atoms with Crippen LogP contribution in [0, 0.1) is 6.92 Å². The summed E-state index contributed by atoms with van der Waals surface area (Å²) in [6.07, 6.45) is 3.41. The third-order valence-electron chi connectivity index (χ3n) is 3.29. The maximum Gasteiger partial charge on any atom is 0.338 e. The highest BCUT2D eigenvalue weighted by Gasteiger charge is 2.23. The van der Waals surface area contributed by atoms with Crippen molar-refractivity contribution in [3.63, 3.8) is 0 Å². The number of aryl methyl sites for hydroxylation is 1. The Labute approximate surface area is 148 Å². The fourth-order valence-electron chi connectivity index (χ4n) is 2.19. The predicted molar refractivity (Wildman–Crippen MR) is 93.8 cm³/mol. The van der Waals surface area contributed by atoms with E-state index in [9.17, 15) is 13.2 Å². The van der Waals surface area contributed by atoms with Gasteiger partial charge in [0, 0.05) is 17.9 Å². The minimum atomic E-state index is -3.72. The Hall–Kier alpha value is -2.19. The number of carbonyl (C=O) groups is 1. The Kier molecular flexibility index (Phi) is 5.64. The van der Waals surface area contributed by atoms with Crippen molar-refractivity contribution in [1.82, 2.24) is 14.5 Å². The van der Waals surface area contributed by atoms with Crippen LogP contribution < -0.4 is 4.72 Å². The van der Waals surface area contributed by atoms with Crippen molar-refractivity contribution in [3.8, 4) is 0 Å². The minimum absolute atomic E-state index is 0.0343. The van der Waals surface area contributed by atoms with Crippen molar-refractivity contribution in [3.05, 3.63) is 47.8 Å². The number of carbonyl (C=O) groups excluding carboxylic acids is 1. The first-order valence-corrected chi connectivity index (χ1v) is 9.36. The molecule has 2 rings (SSSR count). The van der Waals surface area contributed by atoms with Crippen molar-refractivity contribution in [2.24, 2.45) is 0 Å². The van der Waals surface area contributed by atoms with Crippen molar-refractivity contribution in [2.45, 2.75) is 44.7 Å². The van der Waals surface area contributed by atoms with Gasteiger partial charge in [0.2, 0.25) is 10.0 Å². The summed E-state index contributed by atoms with van der Waals surface area (Å²) in [5.41, 5.74) is 0.268. The summed E-state index contributed by atoms with van der Waals surface area (Å²) in [4.78, 5) is 12.3. The van der Waals surface area contributed by atoms with Gasteiger partial charge < -0.3 is 4.74 Å². The van der Waals surface area contributed by atoms with E-state index in [0.29, 0.717) is 12.1 Å². The summed E-state index contributed by atoms with van der Waals surface area (Å²) in [5, 5.41) is 4.02. The van der Waals surface area contributed by atoms with Crippen molar-refractivity contribution in [1.29, 1.82) is 0 Å². The first kappa shape index (κ1) is 19.1. The van der Waals surface area contributed by atoms with Crippen LogP contribution in [0.1, 0.15) is 36.7 Å². The van der Waals surface area contributed by atoms with Crippen LogP contribution >= 0.6 is 0 Å². The van der Waals surface area contributed by atoms with Gasteiger partial charge in [-0.05, 0) is 51.5 Å². The van der Waals surface area contributed by atoms with Gasteiger partial charge in [0.25, 0.3) is 0 Å².